The monoisotopic (exact) mass is 184 g/mol. The number of hydrogen-bond acceptors (Lipinski definition) is 1. The van der Waals surface area contributed by atoms with Crippen molar-refractivity contribution >= 4 is 0 Å². The molecule has 0 aromatic carbocycles. The van der Waals surface area contributed by atoms with E-state index in [0.717, 1.165) is 12.3 Å². The molecule has 0 bridgehead atoms. The SMILES string of the molecule is CC1CCC(O)C(CC(C)(C)C)C1. The van der Waals surface area contributed by atoms with E-state index < -0.39 is 0 Å². The zero-order chi connectivity index (χ0) is 10.1. The van der Waals surface area contributed by atoms with Crippen LogP contribution in [0.5, 0.6) is 0 Å². The lowest BCUT2D eigenvalue weighted by atomic mass is 9.73. The van der Waals surface area contributed by atoms with Crippen LogP contribution >= 0.6 is 0 Å². The average Bonchev–Trinajstić information content (AvgIpc) is 1.94. The minimum Gasteiger partial charge on any atom is -0.393 e. The molecular formula is C12H24O. The van der Waals surface area contributed by atoms with Gasteiger partial charge in [0.2, 0.25) is 0 Å². The van der Waals surface area contributed by atoms with Gasteiger partial charge in [-0.25, -0.2) is 0 Å². The highest BCUT2D eigenvalue weighted by molar-refractivity contribution is 4.81. The second-order valence-electron chi connectivity index (χ2n) is 6.01. The van der Waals surface area contributed by atoms with Crippen LogP contribution in [0, 0.1) is 17.3 Å². The average molecular weight is 184 g/mol. The third-order valence-electron chi connectivity index (χ3n) is 3.08. The topological polar surface area (TPSA) is 20.2 Å². The van der Waals surface area contributed by atoms with Crippen LogP contribution in [-0.4, -0.2) is 11.2 Å². The van der Waals surface area contributed by atoms with Gasteiger partial charge in [0.25, 0.3) is 0 Å². The molecule has 0 aromatic heterocycles. The molecule has 1 heteroatoms. The first-order valence-corrected chi connectivity index (χ1v) is 5.56. The molecule has 0 aromatic rings. The van der Waals surface area contributed by atoms with Gasteiger partial charge in [0.05, 0.1) is 6.10 Å². The molecule has 1 fully saturated rings. The van der Waals surface area contributed by atoms with E-state index in [1.807, 2.05) is 0 Å². The third kappa shape index (κ3) is 3.68. The van der Waals surface area contributed by atoms with Gasteiger partial charge < -0.3 is 5.11 Å². The van der Waals surface area contributed by atoms with E-state index in [4.69, 9.17) is 0 Å². The molecule has 1 rings (SSSR count). The van der Waals surface area contributed by atoms with Gasteiger partial charge in [0.1, 0.15) is 0 Å². The quantitative estimate of drug-likeness (QED) is 0.663. The maximum absolute atomic E-state index is 9.85. The van der Waals surface area contributed by atoms with Gasteiger partial charge in [-0.3, -0.25) is 0 Å². The molecular weight excluding hydrogens is 160 g/mol. The van der Waals surface area contributed by atoms with Gasteiger partial charge in [0.15, 0.2) is 0 Å². The van der Waals surface area contributed by atoms with Gasteiger partial charge in [-0.1, -0.05) is 27.7 Å². The summed E-state index contributed by atoms with van der Waals surface area (Å²) in [5.74, 6) is 1.36. The minimum absolute atomic E-state index is 0.0320. The molecule has 1 N–H and O–H groups in total. The standard InChI is InChI=1S/C12H24O/c1-9-5-6-11(13)10(7-9)8-12(2,3)4/h9-11,13H,5-8H2,1-4H3. The van der Waals surface area contributed by atoms with Crippen LogP contribution in [-0.2, 0) is 0 Å². The first kappa shape index (κ1) is 11.0. The maximum atomic E-state index is 9.85. The van der Waals surface area contributed by atoms with Crippen LogP contribution < -0.4 is 0 Å². The van der Waals surface area contributed by atoms with Crippen molar-refractivity contribution in [1.29, 1.82) is 0 Å². The van der Waals surface area contributed by atoms with E-state index in [1.165, 1.54) is 19.3 Å². The molecule has 0 amide bonds. The van der Waals surface area contributed by atoms with Gasteiger partial charge in [0, 0.05) is 0 Å². The smallest absolute Gasteiger partial charge is 0.0568 e. The Hall–Kier alpha value is -0.0400. The molecule has 1 aliphatic rings. The molecule has 1 aliphatic carbocycles. The van der Waals surface area contributed by atoms with E-state index in [0.29, 0.717) is 11.3 Å². The molecule has 0 aliphatic heterocycles. The Morgan fingerprint density at radius 3 is 2.38 bits per heavy atom. The van der Waals surface area contributed by atoms with Crippen molar-refractivity contribution in [2.24, 2.45) is 17.3 Å². The van der Waals surface area contributed by atoms with E-state index >= 15 is 0 Å². The highest BCUT2D eigenvalue weighted by atomic mass is 16.3. The Bertz CT molecular complexity index is 157. The van der Waals surface area contributed by atoms with Gasteiger partial charge >= 0.3 is 0 Å². The first-order valence-electron chi connectivity index (χ1n) is 5.56. The minimum atomic E-state index is -0.0320. The largest absolute Gasteiger partial charge is 0.393 e. The molecule has 0 saturated heterocycles. The molecule has 78 valence electrons. The summed E-state index contributed by atoms with van der Waals surface area (Å²) >= 11 is 0. The predicted molar refractivity (Wildman–Crippen MR) is 56.6 cm³/mol. The second kappa shape index (κ2) is 4.00. The molecule has 3 atom stereocenters. The summed E-state index contributed by atoms with van der Waals surface area (Å²) in [6.45, 7) is 9.10. The van der Waals surface area contributed by atoms with E-state index in [-0.39, 0.29) is 6.10 Å². The van der Waals surface area contributed by atoms with Crippen LogP contribution in [0.25, 0.3) is 0 Å². The fourth-order valence-corrected chi connectivity index (χ4v) is 2.49. The summed E-state index contributed by atoms with van der Waals surface area (Å²) in [4.78, 5) is 0. The van der Waals surface area contributed by atoms with E-state index in [2.05, 4.69) is 27.7 Å². The molecule has 1 saturated carbocycles. The Morgan fingerprint density at radius 2 is 1.85 bits per heavy atom. The number of rotatable bonds is 1. The van der Waals surface area contributed by atoms with Crippen LogP contribution in [0.15, 0.2) is 0 Å². The Morgan fingerprint density at radius 1 is 1.23 bits per heavy atom. The zero-order valence-corrected chi connectivity index (χ0v) is 9.51. The van der Waals surface area contributed by atoms with Crippen LogP contribution in [0.3, 0.4) is 0 Å². The molecule has 13 heavy (non-hydrogen) atoms. The Labute approximate surface area is 82.5 Å². The summed E-state index contributed by atoms with van der Waals surface area (Å²) in [6, 6.07) is 0. The molecule has 1 nitrogen and oxygen atoms in total. The summed E-state index contributed by atoms with van der Waals surface area (Å²) in [7, 11) is 0. The lowest BCUT2D eigenvalue weighted by molar-refractivity contribution is 0.0305. The van der Waals surface area contributed by atoms with Crippen molar-refractivity contribution in [1.82, 2.24) is 0 Å². The fraction of sp³-hybridized carbons (Fsp3) is 1.00. The van der Waals surface area contributed by atoms with Crippen molar-refractivity contribution in [2.75, 3.05) is 0 Å². The van der Waals surface area contributed by atoms with E-state index in [1.54, 1.807) is 0 Å². The number of hydrogen-bond donors (Lipinski definition) is 1. The summed E-state index contributed by atoms with van der Waals surface area (Å²) in [5, 5.41) is 9.85. The summed E-state index contributed by atoms with van der Waals surface area (Å²) in [5.41, 5.74) is 0.364. The van der Waals surface area contributed by atoms with Crippen LogP contribution in [0.1, 0.15) is 53.4 Å². The van der Waals surface area contributed by atoms with Crippen LogP contribution in [0.4, 0.5) is 0 Å². The highest BCUT2D eigenvalue weighted by Crippen LogP contribution is 2.36. The van der Waals surface area contributed by atoms with Gasteiger partial charge in [-0.15, -0.1) is 0 Å². The Balaban J connectivity index is 2.47. The molecule has 0 heterocycles. The van der Waals surface area contributed by atoms with E-state index in [9.17, 15) is 5.11 Å². The van der Waals surface area contributed by atoms with Crippen molar-refractivity contribution < 1.29 is 5.11 Å². The first-order chi connectivity index (χ1) is 5.88. The second-order valence-corrected chi connectivity index (χ2v) is 6.01. The number of aliphatic hydroxyl groups excluding tert-OH is 1. The summed E-state index contributed by atoms with van der Waals surface area (Å²) in [6.07, 6.45) is 4.58. The molecule has 0 spiro atoms. The van der Waals surface area contributed by atoms with Crippen LogP contribution in [0.2, 0.25) is 0 Å². The maximum Gasteiger partial charge on any atom is 0.0568 e. The van der Waals surface area contributed by atoms with Crippen molar-refractivity contribution in [3.63, 3.8) is 0 Å². The highest BCUT2D eigenvalue weighted by Gasteiger charge is 2.30. The Kier molecular flexibility index (Phi) is 3.39. The fourth-order valence-electron chi connectivity index (χ4n) is 2.49. The van der Waals surface area contributed by atoms with Gasteiger partial charge in [-0.05, 0) is 42.9 Å². The third-order valence-corrected chi connectivity index (χ3v) is 3.08. The van der Waals surface area contributed by atoms with Crippen molar-refractivity contribution in [3.05, 3.63) is 0 Å². The summed E-state index contributed by atoms with van der Waals surface area (Å²) < 4.78 is 0. The normalized spacial score (nSPS) is 36.2. The van der Waals surface area contributed by atoms with Crippen molar-refractivity contribution in [2.45, 2.75) is 59.5 Å². The predicted octanol–water partition coefficient (Wildman–Crippen LogP) is 3.22. The van der Waals surface area contributed by atoms with Gasteiger partial charge in [-0.2, -0.15) is 0 Å². The lowest BCUT2D eigenvalue weighted by Gasteiger charge is -2.35. The molecule has 0 radical (unpaired) electrons. The number of aliphatic hydroxyl groups is 1. The van der Waals surface area contributed by atoms with Crippen molar-refractivity contribution in [3.8, 4) is 0 Å². The zero-order valence-electron chi connectivity index (χ0n) is 9.51. The lowest BCUT2D eigenvalue weighted by Crippen LogP contribution is -2.31. The molecule has 3 unspecified atom stereocenters.